The van der Waals surface area contributed by atoms with Gasteiger partial charge in [0.2, 0.25) is 0 Å². The molecule has 3 unspecified atom stereocenters. The molecule has 2 nitrogen and oxygen atoms in total. The van der Waals surface area contributed by atoms with Crippen LogP contribution in [0, 0.1) is 22.7 Å². The molecule has 128 valence electrons. The summed E-state index contributed by atoms with van der Waals surface area (Å²) in [6.45, 7) is 17.7. The van der Waals surface area contributed by atoms with Crippen LogP contribution in [0.3, 0.4) is 0 Å². The lowest BCUT2D eigenvalue weighted by Crippen LogP contribution is -2.49. The molecule has 0 radical (unpaired) electrons. The van der Waals surface area contributed by atoms with E-state index in [0.29, 0.717) is 23.4 Å². The highest BCUT2D eigenvalue weighted by molar-refractivity contribution is 5.65. The molecule has 0 aromatic rings. The Kier molecular flexibility index (Phi) is 6.70. The molecule has 0 saturated heterocycles. The average Bonchev–Trinajstić information content (AvgIpc) is 2.43. The summed E-state index contributed by atoms with van der Waals surface area (Å²) in [6.07, 6.45) is 7.33. The Bertz CT molecular complexity index is 397. The van der Waals surface area contributed by atoms with Gasteiger partial charge in [0, 0.05) is 6.92 Å². The van der Waals surface area contributed by atoms with E-state index in [9.17, 15) is 4.79 Å². The number of fused-ring (bicyclic) bond motifs is 1. The quantitative estimate of drug-likeness (QED) is 0.489. The second-order valence-electron chi connectivity index (χ2n) is 7.78. The Hall–Kier alpha value is -0.790. The fraction of sp³-hybridized carbons (Fsp3) is 0.850. The van der Waals surface area contributed by atoms with Crippen LogP contribution < -0.4 is 0 Å². The van der Waals surface area contributed by atoms with Gasteiger partial charge in [-0.2, -0.15) is 0 Å². The van der Waals surface area contributed by atoms with Gasteiger partial charge in [0.1, 0.15) is 0 Å². The summed E-state index contributed by atoms with van der Waals surface area (Å²) in [7, 11) is 0. The van der Waals surface area contributed by atoms with E-state index in [-0.39, 0.29) is 5.97 Å². The number of hydrogen-bond acceptors (Lipinski definition) is 2. The van der Waals surface area contributed by atoms with Crippen LogP contribution >= 0.6 is 0 Å². The molecule has 3 atom stereocenters. The van der Waals surface area contributed by atoms with Crippen LogP contribution in [0.5, 0.6) is 0 Å². The van der Waals surface area contributed by atoms with Crippen molar-refractivity contribution in [1.29, 1.82) is 0 Å². The van der Waals surface area contributed by atoms with E-state index < -0.39 is 0 Å². The number of allylic oxidation sites excluding steroid dienone is 1. The largest absolute Gasteiger partial charge is 0.466 e. The Morgan fingerprint density at radius 2 is 1.91 bits per heavy atom. The minimum atomic E-state index is -0.169. The first kappa shape index (κ1) is 19.3. The van der Waals surface area contributed by atoms with E-state index in [4.69, 9.17) is 4.74 Å². The standard InChI is InChI=1S/C18H30O2.C2H6/c1-13-7-8-16-17(3,4)10-6-11-18(16,5)15(13)9-12-20-14(2)19;1-2/h15-16H,1,6-12H2,2-5H3;1-2H3. The third-order valence-electron chi connectivity index (χ3n) is 6.03. The summed E-state index contributed by atoms with van der Waals surface area (Å²) in [6, 6.07) is 0. The summed E-state index contributed by atoms with van der Waals surface area (Å²) >= 11 is 0. The van der Waals surface area contributed by atoms with Crippen molar-refractivity contribution in [2.45, 2.75) is 80.1 Å². The summed E-state index contributed by atoms with van der Waals surface area (Å²) in [5.41, 5.74) is 2.17. The van der Waals surface area contributed by atoms with Gasteiger partial charge in [-0.3, -0.25) is 4.79 Å². The van der Waals surface area contributed by atoms with Crippen LogP contribution in [-0.4, -0.2) is 12.6 Å². The van der Waals surface area contributed by atoms with Crippen LogP contribution in [-0.2, 0) is 9.53 Å². The summed E-state index contributed by atoms with van der Waals surface area (Å²) in [4.78, 5) is 11.0. The van der Waals surface area contributed by atoms with Gasteiger partial charge < -0.3 is 4.74 Å². The zero-order chi connectivity index (χ0) is 17.0. The zero-order valence-corrected chi connectivity index (χ0v) is 15.6. The first-order chi connectivity index (χ1) is 10.3. The molecule has 2 aliphatic carbocycles. The molecular weight excluding hydrogens is 272 g/mol. The molecule has 2 heteroatoms. The lowest BCUT2D eigenvalue weighted by molar-refractivity contribution is -0.142. The molecule has 0 heterocycles. The van der Waals surface area contributed by atoms with Crippen molar-refractivity contribution in [3.8, 4) is 0 Å². The van der Waals surface area contributed by atoms with E-state index in [0.717, 1.165) is 18.8 Å². The van der Waals surface area contributed by atoms with Crippen molar-refractivity contribution in [2.24, 2.45) is 22.7 Å². The number of carbonyl (C=O) groups is 1. The molecule has 22 heavy (non-hydrogen) atoms. The predicted molar refractivity (Wildman–Crippen MR) is 93.7 cm³/mol. The fourth-order valence-electron chi connectivity index (χ4n) is 5.13. The maximum Gasteiger partial charge on any atom is 0.302 e. The topological polar surface area (TPSA) is 26.3 Å². The normalized spacial score (nSPS) is 33.3. The highest BCUT2D eigenvalue weighted by Crippen LogP contribution is 2.61. The van der Waals surface area contributed by atoms with Crippen molar-refractivity contribution in [1.82, 2.24) is 0 Å². The zero-order valence-electron chi connectivity index (χ0n) is 15.6. The van der Waals surface area contributed by atoms with Crippen LogP contribution in [0.2, 0.25) is 0 Å². The van der Waals surface area contributed by atoms with Gasteiger partial charge in [0.25, 0.3) is 0 Å². The van der Waals surface area contributed by atoms with Gasteiger partial charge in [0.15, 0.2) is 0 Å². The Labute approximate surface area is 137 Å². The van der Waals surface area contributed by atoms with Crippen LogP contribution in [0.1, 0.15) is 80.1 Å². The SMILES string of the molecule is C=C1CCC2C(C)(C)CCCC2(C)C1CCOC(C)=O.CC. The van der Waals surface area contributed by atoms with E-state index in [1.807, 2.05) is 13.8 Å². The Morgan fingerprint density at radius 3 is 2.50 bits per heavy atom. The van der Waals surface area contributed by atoms with E-state index in [1.54, 1.807) is 0 Å². The molecule has 0 aliphatic heterocycles. The Balaban J connectivity index is 0.00000116. The fourth-order valence-corrected chi connectivity index (χ4v) is 5.13. The number of rotatable bonds is 3. The van der Waals surface area contributed by atoms with Crippen LogP contribution in [0.4, 0.5) is 0 Å². The van der Waals surface area contributed by atoms with Crippen molar-refractivity contribution < 1.29 is 9.53 Å². The van der Waals surface area contributed by atoms with E-state index in [1.165, 1.54) is 38.2 Å². The van der Waals surface area contributed by atoms with Gasteiger partial charge >= 0.3 is 5.97 Å². The second kappa shape index (κ2) is 7.66. The second-order valence-corrected chi connectivity index (χ2v) is 7.78. The predicted octanol–water partition coefficient (Wildman–Crippen LogP) is 5.76. The minimum Gasteiger partial charge on any atom is -0.466 e. The summed E-state index contributed by atoms with van der Waals surface area (Å²) in [5.74, 6) is 1.12. The van der Waals surface area contributed by atoms with Gasteiger partial charge in [-0.25, -0.2) is 0 Å². The molecule has 0 spiro atoms. The van der Waals surface area contributed by atoms with Gasteiger partial charge in [-0.15, -0.1) is 0 Å². The molecule has 2 rings (SSSR count). The first-order valence-corrected chi connectivity index (χ1v) is 9.08. The molecule has 0 bridgehead atoms. The summed E-state index contributed by atoms with van der Waals surface area (Å²) < 4.78 is 5.19. The van der Waals surface area contributed by atoms with Crippen molar-refractivity contribution >= 4 is 5.97 Å². The number of esters is 1. The maximum absolute atomic E-state index is 11.0. The van der Waals surface area contributed by atoms with Gasteiger partial charge in [-0.05, 0) is 54.8 Å². The third-order valence-corrected chi connectivity index (χ3v) is 6.03. The highest BCUT2D eigenvalue weighted by Gasteiger charge is 2.52. The molecule has 2 aliphatic rings. The molecule has 2 saturated carbocycles. The smallest absolute Gasteiger partial charge is 0.302 e. The van der Waals surface area contributed by atoms with Gasteiger partial charge in [0.05, 0.1) is 6.61 Å². The third kappa shape index (κ3) is 3.94. The van der Waals surface area contributed by atoms with Gasteiger partial charge in [-0.1, -0.05) is 53.2 Å². The highest BCUT2D eigenvalue weighted by atomic mass is 16.5. The monoisotopic (exact) mass is 308 g/mol. The molecule has 0 aromatic carbocycles. The first-order valence-electron chi connectivity index (χ1n) is 9.08. The lowest BCUT2D eigenvalue weighted by atomic mass is 9.47. The van der Waals surface area contributed by atoms with E-state index >= 15 is 0 Å². The maximum atomic E-state index is 11.0. The Morgan fingerprint density at radius 1 is 1.27 bits per heavy atom. The minimum absolute atomic E-state index is 0.169. The molecule has 2 fully saturated rings. The lowest BCUT2D eigenvalue weighted by Gasteiger charge is -2.58. The molecule has 0 amide bonds. The molecule has 0 N–H and O–H groups in total. The summed E-state index contributed by atoms with van der Waals surface area (Å²) in [5, 5.41) is 0. The van der Waals surface area contributed by atoms with Crippen molar-refractivity contribution in [3.05, 3.63) is 12.2 Å². The van der Waals surface area contributed by atoms with Crippen molar-refractivity contribution in [2.75, 3.05) is 6.61 Å². The molecular formula is C20H36O2. The van der Waals surface area contributed by atoms with Crippen LogP contribution in [0.25, 0.3) is 0 Å². The molecule has 0 aromatic heterocycles. The van der Waals surface area contributed by atoms with Crippen molar-refractivity contribution in [3.63, 3.8) is 0 Å². The van der Waals surface area contributed by atoms with Crippen LogP contribution in [0.15, 0.2) is 12.2 Å². The average molecular weight is 309 g/mol. The number of hydrogen-bond donors (Lipinski definition) is 0. The van der Waals surface area contributed by atoms with E-state index in [2.05, 4.69) is 27.4 Å². The number of ether oxygens (including phenoxy) is 1. The number of carbonyl (C=O) groups excluding carboxylic acids is 1.